The van der Waals surface area contributed by atoms with Gasteiger partial charge in [-0.15, -0.1) is 0 Å². The van der Waals surface area contributed by atoms with Gasteiger partial charge in [0.1, 0.15) is 5.82 Å². The average molecular weight is 271 g/mol. The molecule has 20 heavy (non-hydrogen) atoms. The second kappa shape index (κ2) is 7.35. The molecule has 0 spiro atoms. The van der Waals surface area contributed by atoms with Crippen molar-refractivity contribution in [3.05, 3.63) is 48.7 Å². The Morgan fingerprint density at radius 1 is 1.20 bits per heavy atom. The number of nitrogen functional groups attached to an aromatic ring is 1. The van der Waals surface area contributed by atoms with Crippen LogP contribution in [0, 0.1) is 0 Å². The second-order valence-electron chi connectivity index (χ2n) is 4.61. The fraction of sp³-hybridized carbons (Fsp3) is 0.267. The molecule has 1 heterocycles. The number of rotatable bonds is 7. The van der Waals surface area contributed by atoms with Crippen molar-refractivity contribution in [1.29, 1.82) is 0 Å². The topological polar surface area (TPSA) is 66.2 Å². The van der Waals surface area contributed by atoms with Gasteiger partial charge in [0.2, 0.25) is 0 Å². The van der Waals surface area contributed by atoms with E-state index in [4.69, 9.17) is 5.84 Å². The van der Waals surface area contributed by atoms with Crippen molar-refractivity contribution < 1.29 is 0 Å². The van der Waals surface area contributed by atoms with Crippen LogP contribution in [-0.4, -0.2) is 25.1 Å². The van der Waals surface area contributed by atoms with E-state index in [9.17, 15) is 0 Å². The minimum atomic E-state index is 0.663. The van der Waals surface area contributed by atoms with Gasteiger partial charge in [0, 0.05) is 43.8 Å². The van der Waals surface area contributed by atoms with E-state index in [2.05, 4.69) is 51.9 Å². The first-order valence-corrected chi connectivity index (χ1v) is 6.72. The smallest absolute Gasteiger partial charge is 0.141 e. The lowest BCUT2D eigenvalue weighted by molar-refractivity contribution is 0.816. The third-order valence-electron chi connectivity index (χ3n) is 3.10. The number of anilines is 3. The molecule has 0 aliphatic rings. The maximum atomic E-state index is 5.33. The monoisotopic (exact) mass is 271 g/mol. The van der Waals surface area contributed by atoms with Gasteiger partial charge in [-0.05, 0) is 24.6 Å². The molecule has 0 unspecified atom stereocenters. The van der Waals surface area contributed by atoms with Crippen LogP contribution in [0.25, 0.3) is 0 Å². The van der Waals surface area contributed by atoms with Crippen molar-refractivity contribution in [2.75, 3.05) is 35.8 Å². The SMILES string of the molecule is CN(CCCNc1ccnc(NN)c1)c1ccccc1. The number of para-hydroxylation sites is 1. The Morgan fingerprint density at radius 2 is 2.00 bits per heavy atom. The lowest BCUT2D eigenvalue weighted by atomic mass is 10.3. The Morgan fingerprint density at radius 3 is 2.75 bits per heavy atom. The number of hydrogen-bond donors (Lipinski definition) is 3. The third kappa shape index (κ3) is 4.13. The molecule has 2 rings (SSSR count). The van der Waals surface area contributed by atoms with Crippen LogP contribution in [0.4, 0.5) is 17.2 Å². The molecular weight excluding hydrogens is 250 g/mol. The highest BCUT2D eigenvalue weighted by atomic mass is 15.2. The van der Waals surface area contributed by atoms with E-state index >= 15 is 0 Å². The Balaban J connectivity index is 1.73. The Bertz CT molecular complexity index is 515. The van der Waals surface area contributed by atoms with Gasteiger partial charge in [0.05, 0.1) is 0 Å². The standard InChI is InChI=1S/C15H21N5/c1-20(14-6-3-2-4-7-14)11-5-9-17-13-8-10-18-15(12-13)19-16/h2-4,6-8,10,12H,5,9,11,16H2,1H3,(H2,17,18,19). The van der Waals surface area contributed by atoms with E-state index in [1.807, 2.05) is 18.2 Å². The summed E-state index contributed by atoms with van der Waals surface area (Å²) in [4.78, 5) is 6.32. The van der Waals surface area contributed by atoms with Gasteiger partial charge in [-0.2, -0.15) is 0 Å². The van der Waals surface area contributed by atoms with Crippen molar-refractivity contribution in [2.24, 2.45) is 5.84 Å². The van der Waals surface area contributed by atoms with Crippen LogP contribution in [0.2, 0.25) is 0 Å². The normalized spacial score (nSPS) is 10.1. The molecule has 5 heteroatoms. The maximum Gasteiger partial charge on any atom is 0.141 e. The lowest BCUT2D eigenvalue weighted by Crippen LogP contribution is -2.20. The number of pyridine rings is 1. The average Bonchev–Trinajstić information content (AvgIpc) is 2.52. The van der Waals surface area contributed by atoms with Crippen LogP contribution in [0.5, 0.6) is 0 Å². The Hall–Kier alpha value is -2.27. The number of benzene rings is 1. The van der Waals surface area contributed by atoms with Gasteiger partial charge in [-0.25, -0.2) is 10.8 Å². The first-order chi connectivity index (χ1) is 9.79. The Labute approximate surface area is 119 Å². The molecule has 4 N–H and O–H groups in total. The van der Waals surface area contributed by atoms with Crippen LogP contribution in [0.3, 0.4) is 0 Å². The van der Waals surface area contributed by atoms with Crippen LogP contribution in [0.15, 0.2) is 48.7 Å². The van der Waals surface area contributed by atoms with Gasteiger partial charge in [-0.3, -0.25) is 0 Å². The summed E-state index contributed by atoms with van der Waals surface area (Å²) in [6.45, 7) is 1.91. The molecule has 0 aliphatic heterocycles. The van der Waals surface area contributed by atoms with E-state index in [1.54, 1.807) is 6.20 Å². The van der Waals surface area contributed by atoms with Gasteiger partial charge in [0.15, 0.2) is 0 Å². The van der Waals surface area contributed by atoms with Gasteiger partial charge >= 0.3 is 0 Å². The first kappa shape index (κ1) is 14.1. The second-order valence-corrected chi connectivity index (χ2v) is 4.61. The molecule has 0 fully saturated rings. The highest BCUT2D eigenvalue weighted by molar-refractivity contribution is 5.51. The van der Waals surface area contributed by atoms with Crippen LogP contribution in [0.1, 0.15) is 6.42 Å². The minimum absolute atomic E-state index is 0.663. The first-order valence-electron chi connectivity index (χ1n) is 6.72. The zero-order valence-corrected chi connectivity index (χ0v) is 11.7. The van der Waals surface area contributed by atoms with E-state index in [-0.39, 0.29) is 0 Å². The summed E-state index contributed by atoms with van der Waals surface area (Å²) in [6, 6.07) is 14.2. The van der Waals surface area contributed by atoms with Gasteiger partial charge in [0.25, 0.3) is 0 Å². The molecular formula is C15H21N5. The van der Waals surface area contributed by atoms with Gasteiger partial charge < -0.3 is 15.6 Å². The largest absolute Gasteiger partial charge is 0.385 e. The fourth-order valence-corrected chi connectivity index (χ4v) is 1.98. The summed E-state index contributed by atoms with van der Waals surface area (Å²) in [5.41, 5.74) is 4.80. The summed E-state index contributed by atoms with van der Waals surface area (Å²) in [6.07, 6.45) is 2.78. The van der Waals surface area contributed by atoms with Crippen molar-refractivity contribution in [2.45, 2.75) is 6.42 Å². The molecule has 2 aromatic rings. The minimum Gasteiger partial charge on any atom is -0.385 e. The molecule has 0 bridgehead atoms. The van der Waals surface area contributed by atoms with Crippen LogP contribution >= 0.6 is 0 Å². The molecule has 0 aliphatic carbocycles. The number of nitrogens with one attached hydrogen (secondary N) is 2. The molecule has 0 saturated heterocycles. The molecule has 1 aromatic carbocycles. The third-order valence-corrected chi connectivity index (χ3v) is 3.10. The van der Waals surface area contributed by atoms with Crippen LogP contribution < -0.4 is 21.5 Å². The van der Waals surface area contributed by atoms with Crippen molar-refractivity contribution in [3.63, 3.8) is 0 Å². The van der Waals surface area contributed by atoms with Crippen molar-refractivity contribution in [1.82, 2.24) is 4.98 Å². The van der Waals surface area contributed by atoms with Gasteiger partial charge in [-0.1, -0.05) is 18.2 Å². The molecule has 0 saturated carbocycles. The van der Waals surface area contributed by atoms with Crippen LogP contribution in [-0.2, 0) is 0 Å². The molecule has 0 radical (unpaired) electrons. The zero-order valence-electron chi connectivity index (χ0n) is 11.7. The summed E-state index contributed by atoms with van der Waals surface area (Å²) in [5, 5.41) is 3.36. The van der Waals surface area contributed by atoms with E-state index < -0.39 is 0 Å². The predicted octanol–water partition coefficient (Wildman–Crippen LogP) is 2.31. The fourth-order valence-electron chi connectivity index (χ4n) is 1.98. The highest BCUT2D eigenvalue weighted by Gasteiger charge is 1.99. The molecule has 5 nitrogen and oxygen atoms in total. The van der Waals surface area contributed by atoms with E-state index in [0.717, 1.165) is 25.2 Å². The molecule has 0 atom stereocenters. The zero-order chi connectivity index (χ0) is 14.2. The molecule has 106 valence electrons. The summed E-state index contributed by atoms with van der Waals surface area (Å²) >= 11 is 0. The molecule has 0 amide bonds. The number of aromatic nitrogens is 1. The number of nitrogens with zero attached hydrogens (tertiary/aromatic N) is 2. The highest BCUT2D eigenvalue weighted by Crippen LogP contribution is 2.12. The Kier molecular flexibility index (Phi) is 5.20. The van der Waals surface area contributed by atoms with E-state index in [0.29, 0.717) is 5.82 Å². The lowest BCUT2D eigenvalue weighted by Gasteiger charge is -2.19. The van der Waals surface area contributed by atoms with Crippen molar-refractivity contribution >= 4 is 17.2 Å². The quantitative estimate of drug-likeness (QED) is 0.410. The summed E-state index contributed by atoms with van der Waals surface area (Å²) in [7, 11) is 2.11. The van der Waals surface area contributed by atoms with E-state index in [1.165, 1.54) is 5.69 Å². The summed E-state index contributed by atoms with van der Waals surface area (Å²) < 4.78 is 0. The summed E-state index contributed by atoms with van der Waals surface area (Å²) in [5.74, 6) is 5.99. The van der Waals surface area contributed by atoms with Crippen molar-refractivity contribution in [3.8, 4) is 0 Å². The number of nitrogens with two attached hydrogens (primary N) is 1. The predicted molar refractivity (Wildman–Crippen MR) is 84.9 cm³/mol. The number of hydrazine groups is 1. The number of hydrogen-bond acceptors (Lipinski definition) is 5. The maximum absolute atomic E-state index is 5.33. The molecule has 1 aromatic heterocycles.